The Labute approximate surface area is 346 Å². The van der Waals surface area contributed by atoms with Crippen molar-refractivity contribution in [2.24, 2.45) is 9.98 Å². The molecule has 0 N–H and O–H groups in total. The number of hydrogen-bond donors (Lipinski definition) is 0. The minimum absolute atomic E-state index is 0.884. The molecule has 0 aliphatic rings. The van der Waals surface area contributed by atoms with Crippen LogP contribution in [-0.2, 0) is 10.9 Å². The maximum absolute atomic E-state index is 5.31. The Balaban J connectivity index is 0.00000150. The molecule has 8 aromatic rings. The van der Waals surface area contributed by atoms with Gasteiger partial charge in [-0.2, -0.15) is 0 Å². The first-order chi connectivity index (χ1) is 27.2. The van der Waals surface area contributed by atoms with Crippen molar-refractivity contribution >= 4 is 111 Å². The van der Waals surface area contributed by atoms with E-state index in [1.54, 1.807) is 0 Å². The summed E-state index contributed by atoms with van der Waals surface area (Å²) in [6.45, 7) is 0. The first kappa shape index (κ1) is 39.2. The van der Waals surface area contributed by atoms with E-state index in [0.717, 1.165) is 34.8 Å². The molecule has 0 atom stereocenters. The average molecular weight is 925 g/mol. The van der Waals surface area contributed by atoms with Crippen molar-refractivity contribution in [2.45, 2.75) is 0 Å². The van der Waals surface area contributed by atoms with E-state index in [9.17, 15) is 0 Å². The summed E-state index contributed by atoms with van der Waals surface area (Å²) in [5, 5.41) is 10.3. The van der Waals surface area contributed by atoms with Crippen molar-refractivity contribution in [3.63, 3.8) is 0 Å². The Hall–Kier alpha value is -4.07. The SMILES string of the molecule is C(C[PH+](c1ccccc1)c1ccccc1)=Nc1ccc2ccccc2c1-c1c(N=CC[PH+](c2ccccc2)c2ccccc2)ccc2ccccc12.[Br][Ni][Br]. The van der Waals surface area contributed by atoms with Crippen molar-refractivity contribution in [1.82, 2.24) is 0 Å². The Morgan fingerprint density at radius 3 is 1.00 bits per heavy atom. The van der Waals surface area contributed by atoms with Gasteiger partial charge < -0.3 is 0 Å². The second-order valence-electron chi connectivity index (χ2n) is 12.9. The average Bonchev–Trinajstić information content (AvgIpc) is 3.25. The van der Waals surface area contributed by atoms with E-state index >= 15 is 0 Å². The summed E-state index contributed by atoms with van der Waals surface area (Å²) in [4.78, 5) is 10.6. The fourth-order valence-corrected chi connectivity index (χ4v) is 11.6. The van der Waals surface area contributed by atoms with Crippen molar-refractivity contribution in [3.05, 3.63) is 194 Å². The van der Waals surface area contributed by atoms with E-state index in [4.69, 9.17) is 9.98 Å². The van der Waals surface area contributed by atoms with E-state index in [1.807, 2.05) is 0 Å². The summed E-state index contributed by atoms with van der Waals surface area (Å²) in [5.41, 5.74) is 4.19. The van der Waals surface area contributed by atoms with Gasteiger partial charge in [0.1, 0.15) is 12.3 Å². The van der Waals surface area contributed by atoms with Gasteiger partial charge in [0.15, 0.2) is 0 Å². The van der Waals surface area contributed by atoms with Crippen LogP contribution >= 0.6 is 44.3 Å². The number of nitrogens with zero attached hydrogens (tertiary/aromatic N) is 2. The zero-order chi connectivity index (χ0) is 37.7. The van der Waals surface area contributed by atoms with Crippen LogP contribution in [0.25, 0.3) is 32.7 Å². The standard InChI is InChI=1S/C48H38N2P2.2BrH.Ni/c1-5-19-39(20-6-1)51(40-21-7-2-8-22-40)35-33-49-45-31-29-37-17-13-15-27-43(37)47(45)48-44-28-16-14-18-38(44)30-32-46(48)50-34-36-52(41-23-9-3-10-24-41)42-25-11-4-12-26-42;;;/h1-34H,35-36H2;2*1H;/q;;;+2. The van der Waals surface area contributed by atoms with E-state index in [2.05, 4.69) is 235 Å². The summed E-state index contributed by atoms with van der Waals surface area (Å²) in [5.74, 6) is 0. The number of aliphatic imine (C=N–C) groups is 2. The van der Waals surface area contributed by atoms with Gasteiger partial charge in [-0.15, -0.1) is 0 Å². The third-order valence-electron chi connectivity index (χ3n) is 9.60. The van der Waals surface area contributed by atoms with Crippen LogP contribution < -0.4 is 21.2 Å². The molecule has 0 radical (unpaired) electrons. The van der Waals surface area contributed by atoms with Crippen molar-refractivity contribution < 1.29 is 10.9 Å². The number of fused-ring (bicyclic) bond motifs is 2. The topological polar surface area (TPSA) is 24.7 Å². The molecule has 2 nitrogen and oxygen atoms in total. The fourth-order valence-electron chi connectivity index (χ4n) is 7.09. The predicted octanol–water partition coefficient (Wildman–Crippen LogP) is 12.5. The third-order valence-corrected chi connectivity index (χ3v) is 14.9. The van der Waals surface area contributed by atoms with E-state index in [-0.39, 0.29) is 0 Å². The monoisotopic (exact) mass is 922 g/mol. The van der Waals surface area contributed by atoms with Gasteiger partial charge >= 0.3 is 39.3 Å². The minimum atomic E-state index is -1.07. The summed E-state index contributed by atoms with van der Waals surface area (Å²) < 4.78 is 0. The molecule has 0 bridgehead atoms. The number of rotatable bonds is 11. The quantitative estimate of drug-likeness (QED) is 0.0702. The van der Waals surface area contributed by atoms with Crippen LogP contribution in [0.5, 0.6) is 0 Å². The fraction of sp³-hybridized carbons (Fsp3) is 0.0417. The van der Waals surface area contributed by atoms with Gasteiger partial charge in [0.25, 0.3) is 0 Å². The molecule has 7 heteroatoms. The van der Waals surface area contributed by atoms with Crippen LogP contribution in [0, 0.1) is 0 Å². The summed E-state index contributed by atoms with van der Waals surface area (Å²) >= 11 is 6.00. The van der Waals surface area contributed by atoms with E-state index < -0.39 is 15.8 Å². The van der Waals surface area contributed by atoms with Crippen molar-refractivity contribution in [1.29, 1.82) is 0 Å². The molecule has 0 fully saturated rings. The molecule has 0 amide bonds. The molecule has 0 saturated carbocycles. The first-order valence-electron chi connectivity index (χ1n) is 18.1. The molecule has 274 valence electrons. The Morgan fingerprint density at radius 2 is 0.673 bits per heavy atom. The van der Waals surface area contributed by atoms with Gasteiger partial charge in [-0.05, 0) is 82.2 Å². The van der Waals surface area contributed by atoms with Gasteiger partial charge in [-0.1, -0.05) is 133 Å². The predicted molar refractivity (Wildman–Crippen MR) is 252 cm³/mol. The number of benzene rings is 8. The van der Waals surface area contributed by atoms with Crippen LogP contribution in [0.4, 0.5) is 11.4 Å². The summed E-state index contributed by atoms with van der Waals surface area (Å²) in [6, 6.07) is 69.8. The second kappa shape index (κ2) is 20.2. The zero-order valence-corrected chi connectivity index (χ0v) is 36.2. The second-order valence-corrected chi connectivity index (χ2v) is 22.9. The van der Waals surface area contributed by atoms with Gasteiger partial charge in [0, 0.05) is 23.6 Å². The molecule has 8 rings (SSSR count). The van der Waals surface area contributed by atoms with Crippen molar-refractivity contribution in [3.8, 4) is 11.1 Å². The van der Waals surface area contributed by atoms with Gasteiger partial charge in [0.05, 0.1) is 48.4 Å². The molecule has 0 aliphatic heterocycles. The Morgan fingerprint density at radius 1 is 0.382 bits per heavy atom. The molecular weight excluding hydrogens is 885 g/mol. The number of halogens is 2. The van der Waals surface area contributed by atoms with E-state index in [0.29, 0.717) is 0 Å². The maximum atomic E-state index is 5.31. The first-order valence-corrected chi connectivity index (χ1v) is 26.4. The molecule has 0 heterocycles. The normalized spacial score (nSPS) is 11.6. The molecule has 8 aromatic carbocycles. The molecule has 0 spiro atoms. The molecule has 0 aliphatic carbocycles. The Bertz CT molecular complexity index is 2250. The molecular formula is C48H40Br2N2NiP2+2. The van der Waals surface area contributed by atoms with Gasteiger partial charge in [-0.25, -0.2) is 0 Å². The zero-order valence-electron chi connectivity index (χ0n) is 30.0. The van der Waals surface area contributed by atoms with E-state index in [1.165, 1.54) is 53.7 Å². The van der Waals surface area contributed by atoms with Gasteiger partial charge in [-0.3, -0.25) is 9.98 Å². The van der Waals surface area contributed by atoms with Crippen molar-refractivity contribution in [2.75, 3.05) is 12.3 Å². The summed E-state index contributed by atoms with van der Waals surface area (Å²) in [6.07, 6.45) is 6.08. The van der Waals surface area contributed by atoms with Crippen LogP contribution in [0.3, 0.4) is 0 Å². The molecule has 0 aromatic heterocycles. The van der Waals surface area contributed by atoms with Crippen LogP contribution in [0.2, 0.25) is 0 Å². The Kier molecular flexibility index (Phi) is 14.4. The summed E-state index contributed by atoms with van der Waals surface area (Å²) in [7, 11) is -0.881. The molecule has 0 unspecified atom stereocenters. The molecule has 0 saturated heterocycles. The van der Waals surface area contributed by atoms with Crippen LogP contribution in [-0.4, -0.2) is 24.8 Å². The van der Waals surface area contributed by atoms with Crippen LogP contribution in [0.15, 0.2) is 204 Å². The van der Waals surface area contributed by atoms with Crippen LogP contribution in [0.1, 0.15) is 0 Å². The third kappa shape index (κ3) is 9.85. The number of hydrogen-bond acceptors (Lipinski definition) is 2. The van der Waals surface area contributed by atoms with Gasteiger partial charge in [0.2, 0.25) is 0 Å². The molecule has 55 heavy (non-hydrogen) atoms.